The summed E-state index contributed by atoms with van der Waals surface area (Å²) in [7, 11) is -2.67. The number of fused-ring (bicyclic) bond motifs is 1. The minimum atomic E-state index is -3.93. The summed E-state index contributed by atoms with van der Waals surface area (Å²) in [6, 6.07) is 25.5. The van der Waals surface area contributed by atoms with E-state index in [-0.39, 0.29) is 28.4 Å². The van der Waals surface area contributed by atoms with E-state index in [0.29, 0.717) is 21.9 Å². The fourth-order valence-corrected chi connectivity index (χ4v) is 5.88. The second-order valence-electron chi connectivity index (χ2n) is 8.92. The lowest BCUT2D eigenvalue weighted by molar-refractivity contribution is 0.0588. The van der Waals surface area contributed by atoms with Crippen LogP contribution in [0.15, 0.2) is 111 Å². The topological polar surface area (TPSA) is 94.5 Å². The predicted molar refractivity (Wildman–Crippen MR) is 155 cm³/mol. The summed E-state index contributed by atoms with van der Waals surface area (Å²) < 4.78 is 48.3. The Kier molecular flexibility index (Phi) is 7.55. The lowest BCUT2D eigenvalue weighted by atomic mass is 9.96. The van der Waals surface area contributed by atoms with Crippen molar-refractivity contribution in [1.82, 2.24) is 4.57 Å². The quantitative estimate of drug-likeness (QED) is 0.218. The fourth-order valence-electron chi connectivity index (χ4n) is 4.46. The molecule has 0 bridgehead atoms. The van der Waals surface area contributed by atoms with Gasteiger partial charge in [-0.2, -0.15) is 0 Å². The maximum atomic E-state index is 13.7. The number of methoxy groups -OCH3 is 1. The van der Waals surface area contributed by atoms with Crippen molar-refractivity contribution in [2.24, 2.45) is 0 Å². The molecule has 0 aliphatic carbocycles. The van der Waals surface area contributed by atoms with Gasteiger partial charge in [0.15, 0.2) is 0 Å². The first-order valence-corrected chi connectivity index (χ1v) is 14.3. The molecule has 10 heteroatoms. The number of sulfonamides is 1. The Morgan fingerprint density at radius 2 is 1.60 bits per heavy atom. The van der Waals surface area contributed by atoms with E-state index in [2.05, 4.69) is 20.7 Å². The zero-order valence-electron chi connectivity index (χ0n) is 21.1. The number of carbonyl (C=O) groups is 1. The summed E-state index contributed by atoms with van der Waals surface area (Å²) in [4.78, 5) is 26.8. The molecule has 0 fully saturated rings. The first-order chi connectivity index (χ1) is 19.2. The summed E-state index contributed by atoms with van der Waals surface area (Å²) in [6.07, 6.45) is 0. The van der Waals surface area contributed by atoms with Gasteiger partial charge in [0.05, 0.1) is 18.6 Å². The number of halogens is 2. The van der Waals surface area contributed by atoms with E-state index in [1.54, 1.807) is 42.5 Å². The van der Waals surface area contributed by atoms with Crippen molar-refractivity contribution in [3.05, 3.63) is 129 Å². The number of pyridine rings is 1. The molecule has 0 atom stereocenters. The molecule has 0 saturated heterocycles. The monoisotopic (exact) mass is 620 g/mol. The number of rotatable bonds is 7. The first kappa shape index (κ1) is 27.3. The molecule has 202 valence electrons. The zero-order chi connectivity index (χ0) is 28.4. The maximum absolute atomic E-state index is 13.7. The molecule has 0 saturated carbocycles. The number of hydrogen-bond donors (Lipinski definition) is 1. The van der Waals surface area contributed by atoms with E-state index in [0.717, 1.165) is 22.2 Å². The average Bonchev–Trinajstić information content (AvgIpc) is 2.95. The predicted octanol–water partition coefficient (Wildman–Crippen LogP) is 6.21. The Balaban J connectivity index is 1.58. The molecule has 1 aromatic heterocycles. The largest absolute Gasteiger partial charge is 0.464 e. The highest BCUT2D eigenvalue weighted by Crippen LogP contribution is 2.33. The molecule has 1 N–H and O–H groups in total. The van der Waals surface area contributed by atoms with Crippen LogP contribution in [-0.4, -0.2) is 26.1 Å². The summed E-state index contributed by atoms with van der Waals surface area (Å²) in [5, 5.41) is 1.03. The van der Waals surface area contributed by atoms with Gasteiger partial charge in [0.1, 0.15) is 11.5 Å². The molecular weight excluding hydrogens is 599 g/mol. The van der Waals surface area contributed by atoms with Crippen LogP contribution < -0.4 is 10.3 Å². The summed E-state index contributed by atoms with van der Waals surface area (Å²) in [6.45, 7) is 0.0279. The van der Waals surface area contributed by atoms with E-state index in [1.807, 2.05) is 30.3 Å². The number of hydrogen-bond acceptors (Lipinski definition) is 5. The number of anilines is 1. The Hall–Kier alpha value is -4.28. The van der Waals surface area contributed by atoms with Gasteiger partial charge in [0, 0.05) is 21.1 Å². The Morgan fingerprint density at radius 3 is 2.25 bits per heavy atom. The lowest BCUT2D eigenvalue weighted by Gasteiger charge is -2.19. The van der Waals surface area contributed by atoms with Gasteiger partial charge in [-0.15, -0.1) is 0 Å². The second kappa shape index (κ2) is 11.1. The van der Waals surface area contributed by atoms with Crippen molar-refractivity contribution in [2.75, 3.05) is 11.8 Å². The van der Waals surface area contributed by atoms with Crippen molar-refractivity contribution in [3.63, 3.8) is 0 Å². The number of carbonyl (C=O) groups excluding carboxylic acids is 1. The van der Waals surface area contributed by atoms with Crippen molar-refractivity contribution in [1.29, 1.82) is 0 Å². The maximum Gasteiger partial charge on any atom is 0.355 e. The molecule has 0 aliphatic heterocycles. The van der Waals surface area contributed by atoms with Gasteiger partial charge in [-0.25, -0.2) is 17.6 Å². The SMILES string of the molecule is COC(=O)c1c(-c2ccccc2)c2cc(Br)ccc2c(=O)n1Cc1ccc(NS(=O)(=O)c2ccc(F)cc2)cc1. The van der Waals surface area contributed by atoms with Crippen molar-refractivity contribution >= 4 is 48.4 Å². The molecule has 40 heavy (non-hydrogen) atoms. The Morgan fingerprint density at radius 1 is 0.925 bits per heavy atom. The number of ether oxygens (including phenoxy) is 1. The molecule has 1 heterocycles. The number of nitrogens with zero attached hydrogens (tertiary/aromatic N) is 1. The van der Waals surface area contributed by atoms with Crippen LogP contribution in [0, 0.1) is 5.82 Å². The summed E-state index contributed by atoms with van der Waals surface area (Å²) in [5.41, 5.74) is 1.96. The van der Waals surface area contributed by atoms with Crippen LogP contribution in [0.2, 0.25) is 0 Å². The zero-order valence-corrected chi connectivity index (χ0v) is 23.5. The normalized spacial score (nSPS) is 11.4. The Labute approximate surface area is 238 Å². The van der Waals surface area contributed by atoms with Crippen molar-refractivity contribution in [2.45, 2.75) is 11.4 Å². The van der Waals surface area contributed by atoms with Gasteiger partial charge in [-0.05, 0) is 71.1 Å². The molecule has 0 aliphatic rings. The van der Waals surface area contributed by atoms with Gasteiger partial charge in [0.2, 0.25) is 0 Å². The third kappa shape index (κ3) is 5.41. The van der Waals surface area contributed by atoms with Crippen LogP contribution in [0.4, 0.5) is 10.1 Å². The molecule has 0 unspecified atom stereocenters. The average molecular weight is 621 g/mol. The molecule has 5 aromatic rings. The molecule has 0 radical (unpaired) electrons. The van der Waals surface area contributed by atoms with E-state index in [4.69, 9.17) is 4.74 Å². The highest BCUT2D eigenvalue weighted by Gasteiger charge is 2.24. The highest BCUT2D eigenvalue weighted by atomic mass is 79.9. The van der Waals surface area contributed by atoms with E-state index in [9.17, 15) is 22.4 Å². The van der Waals surface area contributed by atoms with Gasteiger partial charge in [-0.3, -0.25) is 14.1 Å². The van der Waals surface area contributed by atoms with Crippen molar-refractivity contribution in [3.8, 4) is 11.1 Å². The summed E-state index contributed by atoms with van der Waals surface area (Å²) in [5.74, 6) is -1.21. The van der Waals surface area contributed by atoms with Gasteiger partial charge in [0.25, 0.3) is 15.6 Å². The molecular formula is C30H22BrFN2O5S. The van der Waals surface area contributed by atoms with Gasteiger partial charge < -0.3 is 4.74 Å². The lowest BCUT2D eigenvalue weighted by Crippen LogP contribution is -2.28. The van der Waals surface area contributed by atoms with Gasteiger partial charge in [-0.1, -0.05) is 58.4 Å². The number of benzene rings is 4. The van der Waals surface area contributed by atoms with Gasteiger partial charge >= 0.3 is 5.97 Å². The van der Waals surface area contributed by atoms with E-state index in [1.165, 1.54) is 23.8 Å². The van der Waals surface area contributed by atoms with E-state index >= 15 is 0 Å². The van der Waals surface area contributed by atoms with Crippen molar-refractivity contribution < 1.29 is 22.3 Å². The van der Waals surface area contributed by atoms with E-state index < -0.39 is 21.8 Å². The molecule has 5 rings (SSSR count). The molecule has 7 nitrogen and oxygen atoms in total. The first-order valence-electron chi connectivity index (χ1n) is 12.0. The van der Waals surface area contributed by atoms with Crippen LogP contribution in [-0.2, 0) is 21.3 Å². The fraction of sp³-hybridized carbons (Fsp3) is 0.0667. The van der Waals surface area contributed by atoms with Crippen LogP contribution in [0.3, 0.4) is 0 Å². The smallest absolute Gasteiger partial charge is 0.355 e. The standard InChI is InChI=1S/C30H22BrFN2O5S/c1-39-30(36)28-27(20-5-3-2-4-6-20)26-17-21(31)9-16-25(26)29(35)34(28)18-19-7-12-23(13-8-19)33-40(37,38)24-14-10-22(32)11-15-24/h2-17,33H,18H2,1H3. The molecule has 0 amide bonds. The van der Waals surface area contributed by atoms with Crippen LogP contribution in [0.25, 0.3) is 21.9 Å². The number of aromatic nitrogens is 1. The minimum absolute atomic E-state index is 0.0279. The highest BCUT2D eigenvalue weighted by molar-refractivity contribution is 9.10. The summed E-state index contributed by atoms with van der Waals surface area (Å²) >= 11 is 3.47. The van der Waals surface area contributed by atoms with Crippen LogP contribution >= 0.6 is 15.9 Å². The Bertz CT molecular complexity index is 1890. The molecule has 4 aromatic carbocycles. The number of nitrogens with one attached hydrogen (secondary N) is 1. The third-order valence-corrected chi connectivity index (χ3v) is 8.24. The minimum Gasteiger partial charge on any atom is -0.464 e. The third-order valence-electron chi connectivity index (χ3n) is 6.35. The second-order valence-corrected chi connectivity index (χ2v) is 11.5. The van der Waals surface area contributed by atoms with Crippen LogP contribution in [0.1, 0.15) is 16.1 Å². The molecule has 0 spiro atoms. The van der Waals surface area contributed by atoms with Crippen LogP contribution in [0.5, 0.6) is 0 Å². The number of esters is 1.